The van der Waals surface area contributed by atoms with Gasteiger partial charge in [0.25, 0.3) is 0 Å². The van der Waals surface area contributed by atoms with E-state index >= 15 is 0 Å². The summed E-state index contributed by atoms with van der Waals surface area (Å²) < 4.78 is 33.5. The Kier molecular flexibility index (Phi) is 34.0. The molecule has 0 heterocycles. The van der Waals surface area contributed by atoms with E-state index in [4.69, 9.17) is 18.5 Å². The molecule has 1 rings (SSSR count). The van der Waals surface area contributed by atoms with Crippen molar-refractivity contribution in [1.29, 1.82) is 0 Å². The van der Waals surface area contributed by atoms with E-state index in [2.05, 4.69) is 26.0 Å². The first-order valence-corrected chi connectivity index (χ1v) is 25.0. The molecule has 0 bridgehead atoms. The molecule has 13 nitrogen and oxygen atoms in total. The fourth-order valence-corrected chi connectivity index (χ4v) is 8.26. The van der Waals surface area contributed by atoms with Gasteiger partial charge in [-0.05, 0) is 38.5 Å². The van der Waals surface area contributed by atoms with Gasteiger partial charge in [0, 0.05) is 12.8 Å². The third-order valence-electron chi connectivity index (χ3n) is 11.1. The lowest BCUT2D eigenvalue weighted by Gasteiger charge is -2.41. The summed E-state index contributed by atoms with van der Waals surface area (Å²) in [6.45, 7) is 3.28. The molecule has 1 aliphatic rings. The summed E-state index contributed by atoms with van der Waals surface area (Å²) in [5.41, 5.74) is 0. The predicted octanol–water partition coefficient (Wildman–Crippen LogP) is 9.06. The minimum Gasteiger partial charge on any atom is -0.462 e. The van der Waals surface area contributed by atoms with Gasteiger partial charge in [0.1, 0.15) is 43.2 Å². The fraction of sp³-hybridized carbons (Fsp3) is 0.911. The molecule has 0 aromatic heterocycles. The number of unbranched alkanes of at least 4 members (excludes halogenated alkanes) is 25. The van der Waals surface area contributed by atoms with E-state index in [0.29, 0.717) is 12.8 Å². The normalized spacial score (nSPS) is 22.4. The molecule has 14 heteroatoms. The number of carbonyl (C=O) groups is 2. The van der Waals surface area contributed by atoms with Crippen LogP contribution in [0.25, 0.3) is 0 Å². The van der Waals surface area contributed by atoms with Crippen molar-refractivity contribution in [1.82, 2.24) is 0 Å². The molecule has 0 spiro atoms. The maximum absolute atomic E-state index is 12.8. The Morgan fingerprint density at radius 1 is 0.508 bits per heavy atom. The van der Waals surface area contributed by atoms with E-state index < -0.39 is 75.7 Å². The second-order valence-corrected chi connectivity index (χ2v) is 18.0. The number of rotatable bonds is 39. The van der Waals surface area contributed by atoms with E-state index in [1.165, 1.54) is 122 Å². The van der Waals surface area contributed by atoms with Crippen LogP contribution in [0.15, 0.2) is 12.2 Å². The number of phosphoric ester groups is 1. The zero-order valence-corrected chi connectivity index (χ0v) is 37.7. The molecule has 1 aliphatic carbocycles. The molecule has 1 saturated carbocycles. The number of aliphatic hydroxyl groups is 5. The van der Waals surface area contributed by atoms with Gasteiger partial charge < -0.3 is 39.9 Å². The molecule has 0 radical (unpaired) electrons. The molecule has 0 saturated heterocycles. The molecule has 8 atom stereocenters. The molecule has 6 unspecified atom stereocenters. The lowest BCUT2D eigenvalue weighted by molar-refractivity contribution is -0.220. The molecule has 59 heavy (non-hydrogen) atoms. The summed E-state index contributed by atoms with van der Waals surface area (Å²) in [4.78, 5) is 35.6. The van der Waals surface area contributed by atoms with Crippen LogP contribution in [0, 0.1) is 0 Å². The highest BCUT2D eigenvalue weighted by molar-refractivity contribution is 7.47. The van der Waals surface area contributed by atoms with E-state index in [-0.39, 0.29) is 12.8 Å². The summed E-state index contributed by atoms with van der Waals surface area (Å²) in [5.74, 6) is -1.09. The number of ether oxygens (including phenoxy) is 2. The van der Waals surface area contributed by atoms with Gasteiger partial charge in [-0.1, -0.05) is 167 Å². The average molecular weight is 865 g/mol. The molecular formula is C45H85O13P. The minimum absolute atomic E-state index is 0.100. The Bertz CT molecular complexity index is 1090. The number of phosphoric acid groups is 1. The van der Waals surface area contributed by atoms with Crippen molar-refractivity contribution in [2.45, 2.75) is 249 Å². The summed E-state index contributed by atoms with van der Waals surface area (Å²) >= 11 is 0. The van der Waals surface area contributed by atoms with Gasteiger partial charge in [0.15, 0.2) is 6.10 Å². The molecular weight excluding hydrogens is 779 g/mol. The fourth-order valence-electron chi connectivity index (χ4n) is 7.28. The van der Waals surface area contributed by atoms with E-state index in [9.17, 15) is 44.6 Å². The summed E-state index contributed by atoms with van der Waals surface area (Å²) in [7, 11) is -5.11. The topological polar surface area (TPSA) is 210 Å². The number of hydrogen-bond donors (Lipinski definition) is 6. The first kappa shape index (κ1) is 55.6. The summed E-state index contributed by atoms with van der Waals surface area (Å²) in [5, 5.41) is 50.1. The van der Waals surface area contributed by atoms with Crippen LogP contribution < -0.4 is 0 Å². The van der Waals surface area contributed by atoms with E-state index in [0.717, 1.165) is 44.9 Å². The van der Waals surface area contributed by atoms with Crippen molar-refractivity contribution in [3.05, 3.63) is 12.2 Å². The molecule has 0 aromatic rings. The van der Waals surface area contributed by atoms with Gasteiger partial charge in [-0.25, -0.2) is 4.57 Å². The molecule has 0 aliphatic heterocycles. The Hall–Kier alpha value is -1.41. The van der Waals surface area contributed by atoms with Crippen molar-refractivity contribution >= 4 is 19.8 Å². The van der Waals surface area contributed by atoms with Crippen molar-refractivity contribution < 1.29 is 63.1 Å². The van der Waals surface area contributed by atoms with Gasteiger partial charge in [0.05, 0.1) is 6.61 Å². The first-order chi connectivity index (χ1) is 28.4. The summed E-state index contributed by atoms with van der Waals surface area (Å²) in [6, 6.07) is 0. The second-order valence-electron chi connectivity index (χ2n) is 16.6. The SMILES string of the molecule is CCCCCCCC/C=C/CCCCCCCCCCCCCC(=O)O[C@H](COC(=O)CCCCCCCCCCC)COP(=O)(O)OC1C(O)C(O)C(O)[C@H](O)C1O. The number of hydrogen-bond acceptors (Lipinski definition) is 12. The zero-order chi connectivity index (χ0) is 43.6. The number of allylic oxidation sites excluding steroid dienone is 2. The van der Waals surface area contributed by atoms with Crippen LogP contribution in [0.3, 0.4) is 0 Å². The zero-order valence-electron chi connectivity index (χ0n) is 36.8. The Balaban J connectivity index is 2.38. The monoisotopic (exact) mass is 865 g/mol. The van der Waals surface area contributed by atoms with E-state index in [1.807, 2.05) is 0 Å². The van der Waals surface area contributed by atoms with Gasteiger partial charge in [0.2, 0.25) is 0 Å². The third kappa shape index (κ3) is 28.7. The van der Waals surface area contributed by atoms with Gasteiger partial charge in [-0.2, -0.15) is 0 Å². The largest absolute Gasteiger partial charge is 0.472 e. The molecule has 348 valence electrons. The number of carbonyl (C=O) groups excluding carboxylic acids is 2. The highest BCUT2D eigenvalue weighted by Gasteiger charge is 2.51. The van der Waals surface area contributed by atoms with Crippen LogP contribution >= 0.6 is 7.82 Å². The highest BCUT2D eigenvalue weighted by atomic mass is 31.2. The second kappa shape index (κ2) is 36.1. The molecule has 0 aromatic carbocycles. The predicted molar refractivity (Wildman–Crippen MR) is 231 cm³/mol. The van der Waals surface area contributed by atoms with Crippen LogP contribution in [-0.2, 0) is 32.7 Å². The van der Waals surface area contributed by atoms with Crippen molar-refractivity contribution in [2.75, 3.05) is 13.2 Å². The molecule has 0 amide bonds. The summed E-state index contributed by atoms with van der Waals surface area (Å²) in [6.07, 6.45) is 24.3. The van der Waals surface area contributed by atoms with Crippen LogP contribution in [0.1, 0.15) is 206 Å². The van der Waals surface area contributed by atoms with Crippen molar-refractivity contribution in [2.24, 2.45) is 0 Å². The van der Waals surface area contributed by atoms with E-state index in [1.54, 1.807) is 0 Å². The van der Waals surface area contributed by atoms with Crippen LogP contribution in [0.5, 0.6) is 0 Å². The molecule has 1 fully saturated rings. The standard InChI is InChI=1S/C45H85O13P/c1-3-5-7-9-11-13-14-15-16-17-18-19-20-21-22-23-24-26-28-30-32-34-39(47)57-37(35-55-38(46)33-31-29-27-25-12-10-8-6-4-2)36-56-59(53,54)58-45-43(51)41(49)40(48)42(50)44(45)52/h15-16,37,40-45,48-52H,3-14,17-36H2,1-2H3,(H,53,54)/b16-15+/t37-,40?,41+,42?,43?,44?,45?/m1/s1. The Morgan fingerprint density at radius 3 is 1.29 bits per heavy atom. The van der Waals surface area contributed by atoms with Gasteiger partial charge in [-0.3, -0.25) is 18.6 Å². The van der Waals surface area contributed by atoms with Gasteiger partial charge >= 0.3 is 19.8 Å². The third-order valence-corrected chi connectivity index (χ3v) is 12.1. The minimum atomic E-state index is -5.11. The van der Waals surface area contributed by atoms with Gasteiger partial charge in [-0.15, -0.1) is 0 Å². The van der Waals surface area contributed by atoms with Crippen molar-refractivity contribution in [3.8, 4) is 0 Å². The van der Waals surface area contributed by atoms with Crippen molar-refractivity contribution in [3.63, 3.8) is 0 Å². The lowest BCUT2D eigenvalue weighted by atomic mass is 9.85. The maximum atomic E-state index is 12.8. The van der Waals surface area contributed by atoms with Crippen LogP contribution in [-0.4, -0.2) is 98.3 Å². The highest BCUT2D eigenvalue weighted by Crippen LogP contribution is 2.47. The Labute approximate surface area is 356 Å². The first-order valence-electron chi connectivity index (χ1n) is 23.5. The van der Waals surface area contributed by atoms with Crippen LogP contribution in [0.2, 0.25) is 0 Å². The quantitative estimate of drug-likeness (QED) is 0.0148. The number of esters is 2. The molecule has 6 N–H and O–H groups in total. The Morgan fingerprint density at radius 2 is 0.864 bits per heavy atom. The lowest BCUT2D eigenvalue weighted by Crippen LogP contribution is -2.64. The smallest absolute Gasteiger partial charge is 0.462 e. The van der Waals surface area contributed by atoms with Crippen LogP contribution in [0.4, 0.5) is 0 Å². The average Bonchev–Trinajstić information content (AvgIpc) is 3.21. The maximum Gasteiger partial charge on any atom is 0.472 e. The number of aliphatic hydroxyl groups excluding tert-OH is 5.